The third-order valence-electron chi connectivity index (χ3n) is 3.79. The zero-order valence-corrected chi connectivity index (χ0v) is 14.1. The van der Waals surface area contributed by atoms with Crippen LogP contribution < -0.4 is 10.5 Å². The summed E-state index contributed by atoms with van der Waals surface area (Å²) in [6.45, 7) is 8.09. The fourth-order valence-corrected chi connectivity index (χ4v) is 2.36. The molecule has 0 bridgehead atoms. The molecule has 1 aromatic heterocycles. The van der Waals surface area contributed by atoms with E-state index in [1.165, 1.54) is 0 Å². The Labute approximate surface area is 135 Å². The summed E-state index contributed by atoms with van der Waals surface area (Å²) in [6.07, 6.45) is 0.611. The maximum absolute atomic E-state index is 11.7. The number of rotatable bonds is 7. The molecule has 2 aromatic rings. The van der Waals surface area contributed by atoms with E-state index in [9.17, 15) is 9.90 Å². The summed E-state index contributed by atoms with van der Waals surface area (Å²) in [5, 5.41) is 14.2. The lowest BCUT2D eigenvalue weighted by atomic mass is 10.1. The molecule has 6 nitrogen and oxygen atoms in total. The van der Waals surface area contributed by atoms with Gasteiger partial charge in [-0.15, -0.1) is 5.10 Å². The summed E-state index contributed by atoms with van der Waals surface area (Å²) in [7, 11) is 0. The fourth-order valence-electron chi connectivity index (χ4n) is 2.36. The molecule has 0 amide bonds. The maximum Gasteiger partial charge on any atom is 0.437 e. The molecule has 126 valence electrons. The number of hydrogen-bond donors (Lipinski definition) is 1. The van der Waals surface area contributed by atoms with E-state index in [0.717, 1.165) is 33.5 Å². The van der Waals surface area contributed by atoms with Crippen LogP contribution in [0, 0.1) is 20.8 Å². The summed E-state index contributed by atoms with van der Waals surface area (Å²) < 4.78 is 11.9. The number of benzene rings is 1. The predicted molar refractivity (Wildman–Crippen MR) is 86.9 cm³/mol. The number of aryl methyl sites for hydroxylation is 3. The van der Waals surface area contributed by atoms with Crippen LogP contribution in [-0.4, -0.2) is 27.6 Å². The monoisotopic (exact) mass is 320 g/mol. The van der Waals surface area contributed by atoms with Crippen molar-refractivity contribution in [2.24, 2.45) is 0 Å². The Kier molecular flexibility index (Phi) is 5.60. The second-order valence-corrected chi connectivity index (χ2v) is 5.81. The largest absolute Gasteiger partial charge is 0.490 e. The number of hydrogen-bond acceptors (Lipinski definition) is 5. The number of ether oxygens (including phenoxy) is 1. The molecule has 0 saturated carbocycles. The zero-order chi connectivity index (χ0) is 17.0. The van der Waals surface area contributed by atoms with Crippen LogP contribution in [0.2, 0.25) is 0 Å². The van der Waals surface area contributed by atoms with E-state index in [1.807, 2.05) is 39.8 Å². The number of aliphatic hydroxyl groups excluding tert-OH is 1. The SMILES string of the molecule is CCCc1nn(CC(O)COc2c(C)ccc(C)c2C)c(=O)o1. The van der Waals surface area contributed by atoms with Gasteiger partial charge in [0.25, 0.3) is 0 Å². The summed E-state index contributed by atoms with van der Waals surface area (Å²) in [4.78, 5) is 11.7. The Morgan fingerprint density at radius 1 is 1.30 bits per heavy atom. The van der Waals surface area contributed by atoms with Crippen LogP contribution in [0.3, 0.4) is 0 Å². The normalized spacial score (nSPS) is 12.4. The first-order valence-electron chi connectivity index (χ1n) is 7.86. The fraction of sp³-hybridized carbons (Fsp3) is 0.529. The first-order valence-corrected chi connectivity index (χ1v) is 7.86. The van der Waals surface area contributed by atoms with E-state index in [1.54, 1.807) is 0 Å². The Hall–Kier alpha value is -2.08. The van der Waals surface area contributed by atoms with Crippen LogP contribution in [0.1, 0.15) is 35.9 Å². The molecule has 0 fully saturated rings. The minimum Gasteiger partial charge on any atom is -0.490 e. The third-order valence-corrected chi connectivity index (χ3v) is 3.79. The van der Waals surface area contributed by atoms with E-state index < -0.39 is 11.9 Å². The van der Waals surface area contributed by atoms with Gasteiger partial charge in [-0.2, -0.15) is 4.68 Å². The van der Waals surface area contributed by atoms with Crippen molar-refractivity contribution < 1.29 is 14.3 Å². The third kappa shape index (κ3) is 4.22. The lowest BCUT2D eigenvalue weighted by Crippen LogP contribution is -2.29. The Bertz CT molecular complexity index is 718. The topological polar surface area (TPSA) is 77.5 Å². The summed E-state index contributed by atoms with van der Waals surface area (Å²) >= 11 is 0. The van der Waals surface area contributed by atoms with E-state index in [4.69, 9.17) is 9.15 Å². The predicted octanol–water partition coefficient (Wildman–Crippen LogP) is 2.15. The van der Waals surface area contributed by atoms with Gasteiger partial charge in [-0.3, -0.25) is 0 Å². The first-order chi connectivity index (χ1) is 10.9. The molecule has 23 heavy (non-hydrogen) atoms. The molecule has 0 radical (unpaired) electrons. The van der Waals surface area contributed by atoms with Gasteiger partial charge in [-0.25, -0.2) is 4.79 Å². The van der Waals surface area contributed by atoms with Crippen molar-refractivity contribution in [3.63, 3.8) is 0 Å². The standard InChI is InChI=1S/C17H24N2O4/c1-5-6-15-18-19(17(21)23-15)9-14(20)10-22-16-12(3)8-7-11(2)13(16)4/h7-8,14,20H,5-6,9-10H2,1-4H3. The number of aromatic nitrogens is 2. The highest BCUT2D eigenvalue weighted by molar-refractivity contribution is 5.44. The lowest BCUT2D eigenvalue weighted by molar-refractivity contribution is 0.0868. The molecular weight excluding hydrogens is 296 g/mol. The molecule has 1 heterocycles. The smallest absolute Gasteiger partial charge is 0.437 e. The van der Waals surface area contributed by atoms with E-state index >= 15 is 0 Å². The second-order valence-electron chi connectivity index (χ2n) is 5.81. The van der Waals surface area contributed by atoms with Crippen molar-refractivity contribution >= 4 is 0 Å². The first kappa shape index (κ1) is 17.3. The highest BCUT2D eigenvalue weighted by Crippen LogP contribution is 2.25. The van der Waals surface area contributed by atoms with Crippen LogP contribution in [0.4, 0.5) is 0 Å². The second kappa shape index (κ2) is 7.46. The minimum atomic E-state index is -0.841. The summed E-state index contributed by atoms with van der Waals surface area (Å²) in [6, 6.07) is 4.03. The van der Waals surface area contributed by atoms with Crippen molar-refractivity contribution in [3.05, 3.63) is 45.3 Å². The molecule has 0 aliphatic rings. The Morgan fingerprint density at radius 2 is 2.00 bits per heavy atom. The van der Waals surface area contributed by atoms with Crippen LogP contribution in [0.5, 0.6) is 5.75 Å². The van der Waals surface area contributed by atoms with Crippen molar-refractivity contribution in [3.8, 4) is 5.75 Å². The minimum absolute atomic E-state index is 0.0515. The lowest BCUT2D eigenvalue weighted by Gasteiger charge is -2.16. The number of aliphatic hydroxyl groups is 1. The number of nitrogens with zero attached hydrogens (tertiary/aromatic N) is 2. The molecule has 0 aliphatic carbocycles. The van der Waals surface area contributed by atoms with Gasteiger partial charge in [0.1, 0.15) is 18.5 Å². The molecule has 6 heteroatoms. The van der Waals surface area contributed by atoms with E-state index in [0.29, 0.717) is 12.3 Å². The van der Waals surface area contributed by atoms with Crippen molar-refractivity contribution in [2.45, 2.75) is 53.2 Å². The van der Waals surface area contributed by atoms with Gasteiger partial charge < -0.3 is 14.3 Å². The molecule has 1 aromatic carbocycles. The quantitative estimate of drug-likeness (QED) is 0.846. The van der Waals surface area contributed by atoms with Gasteiger partial charge >= 0.3 is 5.76 Å². The molecule has 1 unspecified atom stereocenters. The molecule has 0 spiro atoms. The highest BCUT2D eigenvalue weighted by Gasteiger charge is 2.14. The highest BCUT2D eigenvalue weighted by atomic mass is 16.5. The van der Waals surface area contributed by atoms with Crippen LogP contribution in [-0.2, 0) is 13.0 Å². The van der Waals surface area contributed by atoms with Gasteiger partial charge in [0, 0.05) is 6.42 Å². The Balaban J connectivity index is 1.99. The zero-order valence-electron chi connectivity index (χ0n) is 14.1. The van der Waals surface area contributed by atoms with Crippen LogP contribution in [0.15, 0.2) is 21.3 Å². The molecule has 0 aliphatic heterocycles. The van der Waals surface area contributed by atoms with Crippen molar-refractivity contribution in [1.29, 1.82) is 0 Å². The van der Waals surface area contributed by atoms with Gasteiger partial charge in [0.2, 0.25) is 5.89 Å². The molecule has 0 saturated heterocycles. The van der Waals surface area contributed by atoms with E-state index in [2.05, 4.69) is 5.10 Å². The Morgan fingerprint density at radius 3 is 2.70 bits per heavy atom. The average Bonchev–Trinajstić information content (AvgIpc) is 2.83. The van der Waals surface area contributed by atoms with Crippen molar-refractivity contribution in [1.82, 2.24) is 9.78 Å². The molecule has 1 N–H and O–H groups in total. The molecule has 1 atom stereocenters. The van der Waals surface area contributed by atoms with Crippen LogP contribution in [0.25, 0.3) is 0 Å². The summed E-state index contributed by atoms with van der Waals surface area (Å²) in [5.74, 6) is 0.634. The van der Waals surface area contributed by atoms with E-state index in [-0.39, 0.29) is 13.2 Å². The van der Waals surface area contributed by atoms with Gasteiger partial charge in [-0.05, 0) is 43.9 Å². The van der Waals surface area contributed by atoms with Crippen LogP contribution >= 0.6 is 0 Å². The van der Waals surface area contributed by atoms with Gasteiger partial charge in [-0.1, -0.05) is 19.1 Å². The average molecular weight is 320 g/mol. The summed E-state index contributed by atoms with van der Waals surface area (Å²) in [5.41, 5.74) is 3.21. The van der Waals surface area contributed by atoms with Gasteiger partial charge in [0.15, 0.2) is 0 Å². The van der Waals surface area contributed by atoms with Crippen molar-refractivity contribution in [2.75, 3.05) is 6.61 Å². The van der Waals surface area contributed by atoms with Gasteiger partial charge in [0.05, 0.1) is 6.54 Å². The molecule has 2 rings (SSSR count). The maximum atomic E-state index is 11.7. The molecular formula is C17H24N2O4.